The fourth-order valence-corrected chi connectivity index (χ4v) is 5.39. The highest BCUT2D eigenvalue weighted by molar-refractivity contribution is 5.86. The van der Waals surface area contributed by atoms with Gasteiger partial charge < -0.3 is 20.1 Å². The second-order valence-electron chi connectivity index (χ2n) is 9.47. The summed E-state index contributed by atoms with van der Waals surface area (Å²) in [6, 6.07) is 24.4. The molecule has 1 aliphatic carbocycles. The van der Waals surface area contributed by atoms with Crippen LogP contribution < -0.4 is 10.2 Å². The fraction of sp³-hybridized carbons (Fsp3) is 0.393. The quantitative estimate of drug-likeness (QED) is 0.497. The number of rotatable bonds is 8. The van der Waals surface area contributed by atoms with E-state index in [0.29, 0.717) is 6.04 Å². The third-order valence-corrected chi connectivity index (χ3v) is 7.36. The highest BCUT2D eigenvalue weighted by atomic mass is 16.5. The van der Waals surface area contributed by atoms with Gasteiger partial charge in [-0.3, -0.25) is 0 Å². The van der Waals surface area contributed by atoms with E-state index < -0.39 is 11.6 Å². The summed E-state index contributed by atoms with van der Waals surface area (Å²) >= 11 is 0. The maximum atomic E-state index is 11.0. The molecule has 5 rings (SSSR count). The average Bonchev–Trinajstić information content (AvgIpc) is 3.26. The number of hydrogen-bond donors (Lipinski definition) is 2. The van der Waals surface area contributed by atoms with Crippen LogP contribution in [0.25, 0.3) is 10.8 Å². The lowest BCUT2D eigenvalue weighted by molar-refractivity contribution is -0.159. The SMILES string of the molecule is CC(N[C@H]1CCN(c2ccc(C3(OCC(=O)O)CCC3)cc2)C1)c1cccc2ccccc12. The molecule has 5 heteroatoms. The molecule has 0 amide bonds. The molecule has 1 saturated carbocycles. The van der Waals surface area contributed by atoms with E-state index in [1.165, 1.54) is 22.0 Å². The second kappa shape index (κ2) is 9.16. The number of carboxylic acids is 1. The van der Waals surface area contributed by atoms with E-state index in [4.69, 9.17) is 9.84 Å². The minimum atomic E-state index is -0.911. The Labute approximate surface area is 195 Å². The summed E-state index contributed by atoms with van der Waals surface area (Å²) in [5.74, 6) is -0.911. The van der Waals surface area contributed by atoms with Crippen LogP contribution >= 0.6 is 0 Å². The molecule has 0 bridgehead atoms. The van der Waals surface area contributed by atoms with Gasteiger partial charge in [0.05, 0.1) is 5.60 Å². The van der Waals surface area contributed by atoms with Gasteiger partial charge in [0, 0.05) is 30.9 Å². The molecule has 3 aromatic carbocycles. The number of aliphatic carboxylic acids is 1. The number of carbonyl (C=O) groups is 1. The summed E-state index contributed by atoms with van der Waals surface area (Å²) in [4.78, 5) is 13.4. The van der Waals surface area contributed by atoms with E-state index in [-0.39, 0.29) is 12.6 Å². The van der Waals surface area contributed by atoms with E-state index in [1.54, 1.807) is 0 Å². The summed E-state index contributed by atoms with van der Waals surface area (Å²) in [5.41, 5.74) is 3.24. The predicted molar refractivity (Wildman–Crippen MR) is 132 cm³/mol. The van der Waals surface area contributed by atoms with Crippen LogP contribution in [0.3, 0.4) is 0 Å². The molecule has 172 valence electrons. The van der Waals surface area contributed by atoms with Crippen LogP contribution in [0, 0.1) is 0 Å². The molecular weight excluding hydrogens is 412 g/mol. The lowest BCUT2D eigenvalue weighted by atomic mass is 9.75. The maximum Gasteiger partial charge on any atom is 0.329 e. The summed E-state index contributed by atoms with van der Waals surface area (Å²) in [7, 11) is 0. The Morgan fingerprint density at radius 2 is 1.88 bits per heavy atom. The zero-order valence-corrected chi connectivity index (χ0v) is 19.2. The molecule has 0 spiro atoms. The minimum Gasteiger partial charge on any atom is -0.480 e. The number of nitrogens with zero attached hydrogens (tertiary/aromatic N) is 1. The Balaban J connectivity index is 1.22. The molecule has 5 nitrogen and oxygen atoms in total. The molecule has 2 N–H and O–H groups in total. The van der Waals surface area contributed by atoms with Crippen molar-refractivity contribution in [3.05, 3.63) is 77.9 Å². The summed E-state index contributed by atoms with van der Waals surface area (Å²) in [5, 5.41) is 15.5. The number of hydrogen-bond acceptors (Lipinski definition) is 4. The van der Waals surface area contributed by atoms with Crippen LogP contribution in [-0.4, -0.2) is 36.8 Å². The van der Waals surface area contributed by atoms with Crippen molar-refractivity contribution in [2.45, 2.75) is 50.3 Å². The Hall–Kier alpha value is -2.89. The van der Waals surface area contributed by atoms with Crippen molar-refractivity contribution in [2.75, 3.05) is 24.6 Å². The van der Waals surface area contributed by atoms with Crippen molar-refractivity contribution in [1.29, 1.82) is 0 Å². The second-order valence-corrected chi connectivity index (χ2v) is 9.47. The van der Waals surface area contributed by atoms with Crippen LogP contribution in [0.4, 0.5) is 5.69 Å². The first kappa shape index (κ1) is 21.9. The first-order chi connectivity index (χ1) is 16.0. The van der Waals surface area contributed by atoms with Gasteiger partial charge in [0.2, 0.25) is 0 Å². The molecule has 0 aromatic heterocycles. The third-order valence-electron chi connectivity index (χ3n) is 7.36. The number of fused-ring (bicyclic) bond motifs is 1. The molecule has 2 atom stereocenters. The number of benzene rings is 3. The largest absolute Gasteiger partial charge is 0.480 e. The van der Waals surface area contributed by atoms with Crippen LogP contribution in [0.1, 0.15) is 49.8 Å². The van der Waals surface area contributed by atoms with Crippen molar-refractivity contribution in [3.8, 4) is 0 Å². The Kier molecular flexibility index (Phi) is 6.09. The van der Waals surface area contributed by atoms with Crippen LogP contribution in [0.2, 0.25) is 0 Å². The van der Waals surface area contributed by atoms with Gasteiger partial charge in [-0.05, 0) is 66.6 Å². The fourth-order valence-electron chi connectivity index (χ4n) is 5.39. The monoisotopic (exact) mass is 444 g/mol. The van der Waals surface area contributed by atoms with Crippen LogP contribution in [0.15, 0.2) is 66.7 Å². The minimum absolute atomic E-state index is 0.240. The lowest BCUT2D eigenvalue weighted by Crippen LogP contribution is -2.38. The molecule has 1 heterocycles. The van der Waals surface area contributed by atoms with Crippen molar-refractivity contribution in [2.24, 2.45) is 0 Å². The van der Waals surface area contributed by atoms with Crippen molar-refractivity contribution >= 4 is 22.4 Å². The van der Waals surface area contributed by atoms with Gasteiger partial charge in [-0.15, -0.1) is 0 Å². The van der Waals surface area contributed by atoms with E-state index >= 15 is 0 Å². The summed E-state index contributed by atoms with van der Waals surface area (Å²) in [6.07, 6.45) is 3.97. The smallest absolute Gasteiger partial charge is 0.329 e. The van der Waals surface area contributed by atoms with E-state index in [1.807, 2.05) is 0 Å². The number of ether oxygens (including phenoxy) is 1. The topological polar surface area (TPSA) is 61.8 Å². The number of nitrogens with one attached hydrogen (secondary N) is 1. The first-order valence-corrected chi connectivity index (χ1v) is 12.0. The maximum absolute atomic E-state index is 11.0. The predicted octanol–water partition coefficient (Wildman–Crippen LogP) is 5.25. The van der Waals surface area contributed by atoms with Gasteiger partial charge in [0.1, 0.15) is 6.61 Å². The zero-order valence-electron chi connectivity index (χ0n) is 19.2. The number of carboxylic acid groups (broad SMARTS) is 1. The molecule has 2 fully saturated rings. The normalized spacial score (nSPS) is 20.5. The lowest BCUT2D eigenvalue weighted by Gasteiger charge is -2.41. The third kappa shape index (κ3) is 4.48. The van der Waals surface area contributed by atoms with Crippen LogP contribution in [0.5, 0.6) is 0 Å². The van der Waals surface area contributed by atoms with E-state index in [9.17, 15) is 4.79 Å². The van der Waals surface area contributed by atoms with Crippen molar-refractivity contribution < 1.29 is 14.6 Å². The molecule has 33 heavy (non-hydrogen) atoms. The molecule has 0 radical (unpaired) electrons. The highest BCUT2D eigenvalue weighted by Crippen LogP contribution is 2.45. The van der Waals surface area contributed by atoms with Gasteiger partial charge in [0.25, 0.3) is 0 Å². The Bertz CT molecular complexity index is 1120. The average molecular weight is 445 g/mol. The van der Waals surface area contributed by atoms with E-state index in [2.05, 4.69) is 83.9 Å². The van der Waals surface area contributed by atoms with Gasteiger partial charge in [-0.25, -0.2) is 4.79 Å². The van der Waals surface area contributed by atoms with Crippen molar-refractivity contribution in [1.82, 2.24) is 5.32 Å². The first-order valence-electron chi connectivity index (χ1n) is 12.0. The molecule has 3 aromatic rings. The summed E-state index contributed by atoms with van der Waals surface area (Å²) < 4.78 is 5.79. The molecule has 2 aliphatic rings. The van der Waals surface area contributed by atoms with Gasteiger partial charge in [-0.2, -0.15) is 0 Å². The van der Waals surface area contributed by atoms with Gasteiger partial charge in [-0.1, -0.05) is 54.6 Å². The zero-order chi connectivity index (χ0) is 22.8. The molecular formula is C28H32N2O3. The van der Waals surface area contributed by atoms with Gasteiger partial charge in [0.15, 0.2) is 0 Å². The Morgan fingerprint density at radius 1 is 1.12 bits per heavy atom. The Morgan fingerprint density at radius 3 is 2.61 bits per heavy atom. The molecule has 1 aliphatic heterocycles. The van der Waals surface area contributed by atoms with E-state index in [0.717, 1.165) is 44.3 Å². The highest BCUT2D eigenvalue weighted by Gasteiger charge is 2.40. The molecule has 1 saturated heterocycles. The summed E-state index contributed by atoms with van der Waals surface area (Å²) in [6.45, 7) is 4.03. The van der Waals surface area contributed by atoms with Crippen LogP contribution in [-0.2, 0) is 15.1 Å². The standard InChI is InChI=1S/C28H32N2O3/c1-20(25-9-4-7-21-6-2-3-8-26(21)25)29-23-14-17-30(18-23)24-12-10-22(11-13-24)28(15-5-16-28)33-19-27(31)32/h2-4,6-13,20,23,29H,5,14-19H2,1H3,(H,31,32)/t20?,23-/m0/s1. The number of anilines is 1. The van der Waals surface area contributed by atoms with Gasteiger partial charge >= 0.3 is 5.97 Å². The van der Waals surface area contributed by atoms with Crippen molar-refractivity contribution in [3.63, 3.8) is 0 Å². The molecule has 1 unspecified atom stereocenters.